The number of benzene rings is 1. The first-order valence-corrected chi connectivity index (χ1v) is 7.93. The Morgan fingerprint density at radius 3 is 2.45 bits per heavy atom. The van der Waals surface area contributed by atoms with Gasteiger partial charge >= 0.3 is 0 Å². The lowest BCUT2D eigenvalue weighted by molar-refractivity contribution is 0.310. The van der Waals surface area contributed by atoms with Crippen LogP contribution < -0.4 is 10.1 Å². The molecule has 0 aliphatic carbocycles. The van der Waals surface area contributed by atoms with Crippen LogP contribution in [0.4, 0.5) is 0 Å². The van der Waals surface area contributed by atoms with Gasteiger partial charge in [-0.05, 0) is 43.7 Å². The summed E-state index contributed by atoms with van der Waals surface area (Å²) >= 11 is 1.82. The van der Waals surface area contributed by atoms with Crippen LogP contribution >= 0.6 is 11.3 Å². The molecule has 0 atom stereocenters. The van der Waals surface area contributed by atoms with Crippen molar-refractivity contribution in [3.8, 4) is 5.75 Å². The number of thiophene rings is 1. The molecule has 1 aromatic carbocycles. The molecule has 3 heteroatoms. The maximum Gasteiger partial charge on any atom is 0.122 e. The maximum atomic E-state index is 5.79. The molecular formula is C17H23NOS. The van der Waals surface area contributed by atoms with Crippen molar-refractivity contribution >= 4 is 11.3 Å². The average Bonchev–Trinajstić information content (AvgIpc) is 2.86. The predicted molar refractivity (Wildman–Crippen MR) is 86.4 cm³/mol. The number of rotatable bonds is 7. The largest absolute Gasteiger partial charge is 0.488 e. The Hall–Kier alpha value is -1.32. The van der Waals surface area contributed by atoms with Crippen LogP contribution in [0.5, 0.6) is 5.75 Å². The van der Waals surface area contributed by atoms with E-state index in [1.165, 1.54) is 15.3 Å². The van der Waals surface area contributed by atoms with E-state index < -0.39 is 0 Å². The summed E-state index contributed by atoms with van der Waals surface area (Å²) in [5.74, 6) is 1.63. The minimum atomic E-state index is 0.651. The molecule has 0 spiro atoms. The van der Waals surface area contributed by atoms with E-state index in [0.717, 1.165) is 18.8 Å². The van der Waals surface area contributed by atoms with Gasteiger partial charge in [0.15, 0.2) is 0 Å². The summed E-state index contributed by atoms with van der Waals surface area (Å²) < 4.78 is 5.79. The van der Waals surface area contributed by atoms with Gasteiger partial charge in [0.25, 0.3) is 0 Å². The fourth-order valence-corrected chi connectivity index (χ4v) is 2.77. The van der Waals surface area contributed by atoms with Crippen LogP contribution in [0.1, 0.15) is 29.2 Å². The van der Waals surface area contributed by atoms with Gasteiger partial charge < -0.3 is 10.1 Å². The van der Waals surface area contributed by atoms with Crippen LogP contribution in [0.3, 0.4) is 0 Å². The molecule has 0 bridgehead atoms. The first kappa shape index (κ1) is 15.1. The van der Waals surface area contributed by atoms with E-state index in [0.29, 0.717) is 12.5 Å². The van der Waals surface area contributed by atoms with Crippen LogP contribution in [0.2, 0.25) is 0 Å². The molecule has 2 rings (SSSR count). The Bertz CT molecular complexity index is 516. The third-order valence-electron chi connectivity index (χ3n) is 2.97. The van der Waals surface area contributed by atoms with E-state index in [1.54, 1.807) is 0 Å². The van der Waals surface area contributed by atoms with Crippen LogP contribution in [0, 0.1) is 12.8 Å². The minimum Gasteiger partial charge on any atom is -0.488 e. The zero-order valence-corrected chi connectivity index (χ0v) is 13.3. The highest BCUT2D eigenvalue weighted by Gasteiger charge is 2.02. The van der Waals surface area contributed by atoms with Crippen molar-refractivity contribution in [3.05, 3.63) is 51.7 Å². The highest BCUT2D eigenvalue weighted by Crippen LogP contribution is 2.19. The molecule has 0 unspecified atom stereocenters. The minimum absolute atomic E-state index is 0.651. The summed E-state index contributed by atoms with van der Waals surface area (Å²) in [7, 11) is 0. The Balaban J connectivity index is 1.79. The van der Waals surface area contributed by atoms with E-state index in [-0.39, 0.29) is 0 Å². The standard InChI is InChI=1S/C17H23NOS/c1-13(2)10-18-11-16-8-9-17(20-16)12-19-15-6-4-14(3)5-7-15/h4-9,13,18H,10-12H2,1-3H3. The van der Waals surface area contributed by atoms with Crippen molar-refractivity contribution in [2.75, 3.05) is 6.54 Å². The molecule has 2 aromatic rings. The Labute approximate surface area is 125 Å². The third-order valence-corrected chi connectivity index (χ3v) is 4.03. The first-order chi connectivity index (χ1) is 9.63. The molecule has 0 saturated heterocycles. The molecule has 1 heterocycles. The lowest BCUT2D eigenvalue weighted by Gasteiger charge is -2.06. The molecule has 20 heavy (non-hydrogen) atoms. The van der Waals surface area contributed by atoms with E-state index in [9.17, 15) is 0 Å². The van der Waals surface area contributed by atoms with Crippen LogP contribution in [-0.4, -0.2) is 6.54 Å². The molecule has 0 radical (unpaired) electrons. The Morgan fingerprint density at radius 2 is 1.75 bits per heavy atom. The van der Waals surface area contributed by atoms with Crippen LogP contribution in [0.15, 0.2) is 36.4 Å². The van der Waals surface area contributed by atoms with Crippen LogP contribution in [0.25, 0.3) is 0 Å². The second-order valence-electron chi connectivity index (χ2n) is 5.49. The van der Waals surface area contributed by atoms with Crippen molar-refractivity contribution in [2.45, 2.75) is 33.9 Å². The molecule has 2 nitrogen and oxygen atoms in total. The molecule has 1 aromatic heterocycles. The fourth-order valence-electron chi connectivity index (χ4n) is 1.87. The molecule has 0 aliphatic heterocycles. The molecular weight excluding hydrogens is 266 g/mol. The number of hydrogen-bond acceptors (Lipinski definition) is 3. The zero-order chi connectivity index (χ0) is 14.4. The highest BCUT2D eigenvalue weighted by atomic mass is 32.1. The van der Waals surface area contributed by atoms with Gasteiger partial charge in [0.2, 0.25) is 0 Å². The van der Waals surface area contributed by atoms with Gasteiger partial charge in [-0.25, -0.2) is 0 Å². The fraction of sp³-hybridized carbons (Fsp3) is 0.412. The lowest BCUT2D eigenvalue weighted by atomic mass is 10.2. The molecule has 108 valence electrons. The van der Waals surface area contributed by atoms with Gasteiger partial charge in [0.05, 0.1) is 0 Å². The van der Waals surface area contributed by atoms with Gasteiger partial charge in [-0.1, -0.05) is 31.5 Å². The SMILES string of the molecule is Cc1ccc(OCc2ccc(CNCC(C)C)s2)cc1. The number of hydrogen-bond donors (Lipinski definition) is 1. The monoisotopic (exact) mass is 289 g/mol. The summed E-state index contributed by atoms with van der Waals surface area (Å²) in [5, 5.41) is 3.46. The van der Waals surface area contributed by atoms with E-state index in [1.807, 2.05) is 23.5 Å². The molecule has 0 aliphatic rings. The average molecular weight is 289 g/mol. The summed E-state index contributed by atoms with van der Waals surface area (Å²) in [4.78, 5) is 2.64. The van der Waals surface area contributed by atoms with Crippen molar-refractivity contribution in [3.63, 3.8) is 0 Å². The first-order valence-electron chi connectivity index (χ1n) is 7.11. The second-order valence-corrected chi connectivity index (χ2v) is 6.75. The van der Waals surface area contributed by atoms with E-state index >= 15 is 0 Å². The van der Waals surface area contributed by atoms with Crippen molar-refractivity contribution in [2.24, 2.45) is 5.92 Å². The van der Waals surface area contributed by atoms with Crippen molar-refractivity contribution < 1.29 is 4.74 Å². The van der Waals surface area contributed by atoms with Gasteiger partial charge in [0.1, 0.15) is 12.4 Å². The molecule has 0 saturated carbocycles. The summed E-state index contributed by atoms with van der Waals surface area (Å²) in [6, 6.07) is 12.5. The summed E-state index contributed by atoms with van der Waals surface area (Å²) in [5.41, 5.74) is 1.26. The summed E-state index contributed by atoms with van der Waals surface area (Å²) in [6.07, 6.45) is 0. The van der Waals surface area contributed by atoms with Crippen molar-refractivity contribution in [1.29, 1.82) is 0 Å². The molecule has 0 fully saturated rings. The number of nitrogens with one attached hydrogen (secondary N) is 1. The molecule has 1 N–H and O–H groups in total. The lowest BCUT2D eigenvalue weighted by Crippen LogP contribution is -2.18. The van der Waals surface area contributed by atoms with E-state index in [2.05, 4.69) is 50.4 Å². The highest BCUT2D eigenvalue weighted by molar-refractivity contribution is 7.11. The number of aryl methyl sites for hydroxylation is 1. The quantitative estimate of drug-likeness (QED) is 0.816. The van der Waals surface area contributed by atoms with E-state index in [4.69, 9.17) is 4.74 Å². The van der Waals surface area contributed by atoms with Crippen LogP contribution in [-0.2, 0) is 13.2 Å². The van der Waals surface area contributed by atoms with Gasteiger partial charge in [-0.3, -0.25) is 0 Å². The predicted octanol–water partition coefficient (Wildman–Crippen LogP) is 4.38. The Morgan fingerprint density at radius 1 is 1.05 bits per heavy atom. The summed E-state index contributed by atoms with van der Waals surface area (Å²) in [6.45, 7) is 9.20. The maximum absolute atomic E-state index is 5.79. The van der Waals surface area contributed by atoms with Gasteiger partial charge in [-0.15, -0.1) is 11.3 Å². The number of ether oxygens (including phenoxy) is 1. The molecule has 0 amide bonds. The Kier molecular flexibility index (Phi) is 5.62. The third kappa shape index (κ3) is 4.99. The second kappa shape index (κ2) is 7.46. The normalized spacial score (nSPS) is 11.0. The van der Waals surface area contributed by atoms with Crippen molar-refractivity contribution in [1.82, 2.24) is 5.32 Å². The van der Waals surface area contributed by atoms with Gasteiger partial charge in [0, 0.05) is 16.3 Å². The zero-order valence-electron chi connectivity index (χ0n) is 12.5. The topological polar surface area (TPSA) is 21.3 Å². The van der Waals surface area contributed by atoms with Gasteiger partial charge in [-0.2, -0.15) is 0 Å². The smallest absolute Gasteiger partial charge is 0.122 e.